The smallest absolute Gasteiger partial charge is 0.397 e. The summed E-state index contributed by atoms with van der Waals surface area (Å²) in [7, 11) is -4.78. The van der Waals surface area contributed by atoms with Gasteiger partial charge in [0.15, 0.2) is 0 Å². The van der Waals surface area contributed by atoms with Gasteiger partial charge < -0.3 is 30.1 Å². The Morgan fingerprint density at radius 1 is 1.15 bits per heavy atom. The minimum Gasteiger partial charge on any atom is -0.462 e. The van der Waals surface area contributed by atoms with E-state index in [1.165, 1.54) is 31.2 Å². The number of rotatable bonds is 6. The van der Waals surface area contributed by atoms with Crippen molar-refractivity contribution in [2.45, 2.75) is 37.6 Å². The lowest BCUT2D eigenvalue weighted by molar-refractivity contribution is -0.276. The first kappa shape index (κ1) is 20.5. The van der Waals surface area contributed by atoms with Gasteiger partial charge in [0.25, 0.3) is 0 Å². The van der Waals surface area contributed by atoms with Crippen LogP contribution in [0.3, 0.4) is 0 Å². The Balaban J connectivity index is 2.05. The van der Waals surface area contributed by atoms with Crippen LogP contribution in [0.15, 0.2) is 24.3 Å². The highest BCUT2D eigenvalue weighted by Crippen LogP contribution is 2.25. The van der Waals surface area contributed by atoms with E-state index in [1.54, 1.807) is 0 Å². The van der Waals surface area contributed by atoms with E-state index in [9.17, 15) is 28.5 Å². The second-order valence-corrected chi connectivity index (χ2v) is 6.64. The summed E-state index contributed by atoms with van der Waals surface area (Å²) in [6.45, 7) is 0.545. The number of nitrogens with one attached hydrogen (secondary N) is 1. The molecule has 1 fully saturated rings. The fraction of sp³-hybridized carbons (Fsp3) is 0.500. The molecule has 11 nitrogen and oxygen atoms in total. The molecule has 5 atom stereocenters. The lowest BCUT2D eigenvalue weighted by atomic mass is 9.99. The lowest BCUT2D eigenvalue weighted by Gasteiger charge is -2.39. The number of ether oxygens (including phenoxy) is 2. The Morgan fingerprint density at radius 2 is 1.77 bits per heavy atom. The summed E-state index contributed by atoms with van der Waals surface area (Å²) in [4.78, 5) is 11.0. The standard InChI is InChI=1S/C14H19NO10S/c1-7(16)15-8-2-4-9(5-3-8)24-14-13(19)12(18)11(17)10(25-14)6-23-26(20,21)22/h2-5,10-14,17-19H,6H2,1H3,(H,15,16)(H,20,21,22)/t10-,11-,12+,13-,14-/m1/s1. The molecule has 0 spiro atoms. The minimum absolute atomic E-state index is 0.209. The first-order valence-corrected chi connectivity index (χ1v) is 8.79. The second kappa shape index (κ2) is 8.26. The molecule has 1 amide bonds. The van der Waals surface area contributed by atoms with Gasteiger partial charge in [-0.15, -0.1) is 0 Å². The van der Waals surface area contributed by atoms with Crippen LogP contribution in [0.2, 0.25) is 0 Å². The molecule has 12 heteroatoms. The number of aliphatic hydroxyl groups excluding tert-OH is 3. The molecule has 1 aliphatic heterocycles. The zero-order valence-electron chi connectivity index (χ0n) is 13.5. The normalized spacial score (nSPS) is 29.2. The van der Waals surface area contributed by atoms with E-state index in [4.69, 9.17) is 14.0 Å². The molecule has 0 bridgehead atoms. The third-order valence-corrected chi connectivity index (χ3v) is 3.91. The predicted octanol–water partition coefficient (Wildman–Crippen LogP) is -1.35. The molecule has 0 radical (unpaired) electrons. The number of hydrogen-bond donors (Lipinski definition) is 5. The molecule has 0 unspecified atom stereocenters. The molecule has 1 heterocycles. The molecule has 2 rings (SSSR count). The van der Waals surface area contributed by atoms with Crippen LogP contribution in [0.1, 0.15) is 6.92 Å². The molecule has 1 aromatic carbocycles. The van der Waals surface area contributed by atoms with E-state index in [1.807, 2.05) is 0 Å². The van der Waals surface area contributed by atoms with Crippen molar-refractivity contribution in [3.63, 3.8) is 0 Å². The van der Waals surface area contributed by atoms with Gasteiger partial charge in [-0.1, -0.05) is 0 Å². The summed E-state index contributed by atoms with van der Waals surface area (Å²) >= 11 is 0. The van der Waals surface area contributed by atoms with Gasteiger partial charge in [0.2, 0.25) is 12.2 Å². The van der Waals surface area contributed by atoms with Crippen LogP contribution in [0.4, 0.5) is 5.69 Å². The van der Waals surface area contributed by atoms with Crippen molar-refractivity contribution >= 4 is 22.0 Å². The zero-order valence-corrected chi connectivity index (χ0v) is 14.4. The van der Waals surface area contributed by atoms with Gasteiger partial charge in [-0.2, -0.15) is 8.42 Å². The summed E-state index contributed by atoms with van der Waals surface area (Å²) in [5.74, 6) is -0.0512. The number of carbonyl (C=O) groups excluding carboxylic acids is 1. The van der Waals surface area contributed by atoms with E-state index in [0.717, 1.165) is 0 Å². The average Bonchev–Trinajstić information content (AvgIpc) is 2.54. The maximum Gasteiger partial charge on any atom is 0.397 e. The predicted molar refractivity (Wildman–Crippen MR) is 85.6 cm³/mol. The number of aliphatic hydroxyl groups is 3. The van der Waals surface area contributed by atoms with E-state index in [-0.39, 0.29) is 11.7 Å². The van der Waals surface area contributed by atoms with Gasteiger partial charge in [0.05, 0.1) is 6.61 Å². The fourth-order valence-corrected chi connectivity index (χ4v) is 2.56. The molecule has 1 saturated heterocycles. The molecule has 1 aromatic rings. The van der Waals surface area contributed by atoms with E-state index in [2.05, 4.69) is 9.50 Å². The zero-order chi connectivity index (χ0) is 19.5. The maximum atomic E-state index is 11.0. The number of anilines is 1. The largest absolute Gasteiger partial charge is 0.462 e. The summed E-state index contributed by atoms with van der Waals surface area (Å²) in [6, 6.07) is 5.97. The Morgan fingerprint density at radius 3 is 2.31 bits per heavy atom. The fourth-order valence-electron chi connectivity index (χ4n) is 2.26. The molecule has 0 aliphatic carbocycles. The topological polar surface area (TPSA) is 172 Å². The van der Waals surface area contributed by atoms with Crippen LogP contribution in [0, 0.1) is 0 Å². The Bertz CT molecular complexity index is 722. The highest BCUT2D eigenvalue weighted by atomic mass is 32.3. The van der Waals surface area contributed by atoms with Crippen LogP contribution in [-0.4, -0.2) is 71.5 Å². The van der Waals surface area contributed by atoms with Crippen molar-refractivity contribution in [1.29, 1.82) is 0 Å². The van der Waals surface area contributed by atoms with Crippen molar-refractivity contribution in [2.75, 3.05) is 11.9 Å². The summed E-state index contributed by atoms with van der Waals surface area (Å²) in [6.07, 6.45) is -7.85. The number of amides is 1. The Kier molecular flexibility index (Phi) is 6.52. The Labute approximate surface area is 149 Å². The molecule has 146 valence electrons. The van der Waals surface area contributed by atoms with Crippen LogP contribution in [0.25, 0.3) is 0 Å². The van der Waals surface area contributed by atoms with Gasteiger partial charge in [-0.3, -0.25) is 9.35 Å². The molecule has 0 saturated carbocycles. The molecule has 5 N–H and O–H groups in total. The number of carbonyl (C=O) groups is 1. The molecule has 0 aromatic heterocycles. The van der Waals surface area contributed by atoms with Crippen LogP contribution >= 0.6 is 0 Å². The van der Waals surface area contributed by atoms with E-state index in [0.29, 0.717) is 5.69 Å². The molecular formula is C14H19NO10S. The Hall–Kier alpha value is -1.80. The van der Waals surface area contributed by atoms with Gasteiger partial charge >= 0.3 is 10.4 Å². The monoisotopic (exact) mass is 393 g/mol. The van der Waals surface area contributed by atoms with Gasteiger partial charge in [-0.05, 0) is 24.3 Å². The molecule has 1 aliphatic rings. The van der Waals surface area contributed by atoms with Crippen molar-refractivity contribution < 1.29 is 46.7 Å². The maximum absolute atomic E-state index is 11.0. The quantitative estimate of drug-likeness (QED) is 0.364. The third kappa shape index (κ3) is 5.60. The van der Waals surface area contributed by atoms with Crippen LogP contribution in [-0.2, 0) is 24.1 Å². The molecule has 26 heavy (non-hydrogen) atoms. The van der Waals surface area contributed by atoms with Gasteiger partial charge in [-0.25, -0.2) is 4.18 Å². The van der Waals surface area contributed by atoms with Gasteiger partial charge in [0.1, 0.15) is 30.2 Å². The number of benzene rings is 1. The first-order chi connectivity index (χ1) is 12.1. The van der Waals surface area contributed by atoms with Crippen LogP contribution in [0.5, 0.6) is 5.75 Å². The molecular weight excluding hydrogens is 374 g/mol. The lowest BCUT2D eigenvalue weighted by Crippen LogP contribution is -2.60. The second-order valence-electron chi connectivity index (χ2n) is 5.55. The van der Waals surface area contributed by atoms with E-state index < -0.39 is 47.7 Å². The minimum atomic E-state index is -4.78. The summed E-state index contributed by atoms with van der Waals surface area (Å²) < 4.78 is 44.6. The highest BCUT2D eigenvalue weighted by Gasteiger charge is 2.45. The third-order valence-electron chi connectivity index (χ3n) is 3.48. The van der Waals surface area contributed by atoms with Gasteiger partial charge in [0, 0.05) is 12.6 Å². The van der Waals surface area contributed by atoms with Crippen molar-refractivity contribution in [3.05, 3.63) is 24.3 Å². The number of hydrogen-bond acceptors (Lipinski definition) is 9. The summed E-state index contributed by atoms with van der Waals surface area (Å²) in [5, 5.41) is 32.2. The van der Waals surface area contributed by atoms with E-state index >= 15 is 0 Å². The highest BCUT2D eigenvalue weighted by molar-refractivity contribution is 7.80. The van der Waals surface area contributed by atoms with Crippen molar-refractivity contribution in [1.82, 2.24) is 0 Å². The van der Waals surface area contributed by atoms with Crippen molar-refractivity contribution in [2.24, 2.45) is 0 Å². The summed E-state index contributed by atoms with van der Waals surface area (Å²) in [5.41, 5.74) is 0.504. The average molecular weight is 393 g/mol. The van der Waals surface area contributed by atoms with Crippen LogP contribution < -0.4 is 10.1 Å². The SMILES string of the molecule is CC(=O)Nc1ccc(O[C@@H]2O[C@H](COS(=O)(=O)O)[C@@H](O)[C@H](O)[C@H]2O)cc1. The van der Waals surface area contributed by atoms with Crippen molar-refractivity contribution in [3.8, 4) is 5.75 Å². The first-order valence-electron chi connectivity index (χ1n) is 7.42.